The number of hydrogen-bond donors (Lipinski definition) is 1. The van der Waals surface area contributed by atoms with Crippen LogP contribution in [0.5, 0.6) is 5.75 Å². The summed E-state index contributed by atoms with van der Waals surface area (Å²) in [5.74, 6) is -1.17. The first-order chi connectivity index (χ1) is 9.87. The average molecular weight is 293 g/mol. The van der Waals surface area contributed by atoms with Gasteiger partial charge in [-0.15, -0.1) is 0 Å². The summed E-state index contributed by atoms with van der Waals surface area (Å²) in [4.78, 5) is 23.2. The third-order valence-corrected chi connectivity index (χ3v) is 2.94. The molecule has 6 heteroatoms. The van der Waals surface area contributed by atoms with Crippen LogP contribution in [0, 0.1) is 0 Å². The van der Waals surface area contributed by atoms with E-state index in [9.17, 15) is 9.59 Å². The van der Waals surface area contributed by atoms with Crippen molar-refractivity contribution >= 4 is 11.9 Å². The van der Waals surface area contributed by atoms with Crippen LogP contribution < -0.4 is 10.1 Å². The van der Waals surface area contributed by atoms with Crippen molar-refractivity contribution in [1.82, 2.24) is 5.32 Å². The third-order valence-electron chi connectivity index (χ3n) is 2.94. The second kappa shape index (κ2) is 6.24. The van der Waals surface area contributed by atoms with Crippen molar-refractivity contribution in [2.75, 3.05) is 13.2 Å². The van der Waals surface area contributed by atoms with Gasteiger partial charge in [0.15, 0.2) is 5.79 Å². The number of carbonyl (C=O) groups excluding carboxylic acids is 2. The molecule has 1 atom stereocenters. The Kier molecular flexibility index (Phi) is 4.59. The number of hydrogen-bond acceptors (Lipinski definition) is 5. The first-order valence-corrected chi connectivity index (χ1v) is 6.75. The van der Waals surface area contributed by atoms with Gasteiger partial charge in [-0.2, -0.15) is 0 Å². The molecule has 114 valence electrons. The molecular weight excluding hydrogens is 274 g/mol. The summed E-state index contributed by atoms with van der Waals surface area (Å²) in [6.45, 7) is 5.70. The van der Waals surface area contributed by atoms with Gasteiger partial charge in [-0.3, -0.25) is 9.59 Å². The average Bonchev–Trinajstić information content (AvgIpc) is 2.75. The van der Waals surface area contributed by atoms with Crippen molar-refractivity contribution in [1.29, 1.82) is 0 Å². The normalized spacial score (nSPS) is 20.0. The van der Waals surface area contributed by atoms with E-state index in [4.69, 9.17) is 14.2 Å². The Balaban J connectivity index is 1.96. The molecule has 21 heavy (non-hydrogen) atoms. The van der Waals surface area contributed by atoms with Crippen molar-refractivity contribution in [3.05, 3.63) is 29.8 Å². The first kappa shape index (κ1) is 15.5. The SMILES string of the molecule is CC(=O)Oc1ccccc1C(=O)NCC1COC(C)(C)O1. The lowest BCUT2D eigenvalue weighted by atomic mass is 10.2. The summed E-state index contributed by atoms with van der Waals surface area (Å²) in [6, 6.07) is 6.59. The quantitative estimate of drug-likeness (QED) is 0.672. The molecule has 1 fully saturated rings. The van der Waals surface area contributed by atoms with Crippen LogP contribution in [-0.4, -0.2) is 36.9 Å². The summed E-state index contributed by atoms with van der Waals surface area (Å²) in [6.07, 6.45) is -0.190. The number of esters is 1. The van der Waals surface area contributed by atoms with Crippen LogP contribution in [0.2, 0.25) is 0 Å². The number of nitrogens with one attached hydrogen (secondary N) is 1. The molecule has 0 saturated carbocycles. The minimum absolute atomic E-state index is 0.190. The van der Waals surface area contributed by atoms with Gasteiger partial charge in [-0.05, 0) is 26.0 Å². The Hall–Kier alpha value is -1.92. The van der Waals surface area contributed by atoms with Crippen LogP contribution in [0.1, 0.15) is 31.1 Å². The van der Waals surface area contributed by atoms with Gasteiger partial charge in [0.05, 0.1) is 12.2 Å². The molecule has 0 radical (unpaired) electrons. The fourth-order valence-electron chi connectivity index (χ4n) is 2.06. The van der Waals surface area contributed by atoms with E-state index in [1.807, 2.05) is 13.8 Å². The van der Waals surface area contributed by atoms with Gasteiger partial charge in [-0.1, -0.05) is 12.1 Å². The number of carbonyl (C=O) groups is 2. The third kappa shape index (κ3) is 4.27. The van der Waals surface area contributed by atoms with Gasteiger partial charge >= 0.3 is 5.97 Å². The Morgan fingerprint density at radius 3 is 2.71 bits per heavy atom. The summed E-state index contributed by atoms with van der Waals surface area (Å²) in [5, 5.41) is 2.76. The van der Waals surface area contributed by atoms with E-state index in [2.05, 4.69) is 5.32 Å². The molecule has 1 aromatic rings. The minimum Gasteiger partial charge on any atom is -0.426 e. The monoisotopic (exact) mass is 293 g/mol. The summed E-state index contributed by atoms with van der Waals surface area (Å²) in [5.41, 5.74) is 0.311. The first-order valence-electron chi connectivity index (χ1n) is 6.75. The molecule has 1 aliphatic heterocycles. The highest BCUT2D eigenvalue weighted by atomic mass is 16.7. The molecule has 0 aliphatic carbocycles. The highest BCUT2D eigenvalue weighted by Gasteiger charge is 2.32. The van der Waals surface area contributed by atoms with Gasteiger partial charge in [-0.25, -0.2) is 0 Å². The number of para-hydroxylation sites is 1. The molecule has 1 heterocycles. The molecule has 0 bridgehead atoms. The van der Waals surface area contributed by atoms with E-state index >= 15 is 0 Å². The highest BCUT2D eigenvalue weighted by molar-refractivity contribution is 5.97. The predicted molar refractivity (Wildman–Crippen MR) is 75.0 cm³/mol. The van der Waals surface area contributed by atoms with E-state index in [0.29, 0.717) is 18.7 Å². The molecule has 1 N–H and O–H groups in total. The molecule has 0 aromatic heterocycles. The summed E-state index contributed by atoms with van der Waals surface area (Å²) < 4.78 is 16.0. The van der Waals surface area contributed by atoms with Crippen LogP contribution in [0.4, 0.5) is 0 Å². The molecule has 0 spiro atoms. The van der Waals surface area contributed by atoms with Gasteiger partial charge in [0.2, 0.25) is 0 Å². The number of benzene rings is 1. The van der Waals surface area contributed by atoms with Crippen molar-refractivity contribution in [2.45, 2.75) is 32.7 Å². The van der Waals surface area contributed by atoms with Crippen LogP contribution in [-0.2, 0) is 14.3 Å². The van der Waals surface area contributed by atoms with Crippen LogP contribution >= 0.6 is 0 Å². The maximum absolute atomic E-state index is 12.2. The zero-order valence-corrected chi connectivity index (χ0v) is 12.3. The predicted octanol–water partition coefficient (Wildman–Crippen LogP) is 1.49. The van der Waals surface area contributed by atoms with Gasteiger partial charge in [0, 0.05) is 13.5 Å². The Bertz CT molecular complexity index is 541. The lowest BCUT2D eigenvalue weighted by Crippen LogP contribution is -2.34. The fourth-order valence-corrected chi connectivity index (χ4v) is 2.06. The lowest BCUT2D eigenvalue weighted by molar-refractivity contribution is -0.137. The van der Waals surface area contributed by atoms with Crippen LogP contribution in [0.15, 0.2) is 24.3 Å². The lowest BCUT2D eigenvalue weighted by Gasteiger charge is -2.17. The molecule has 1 aliphatic rings. The van der Waals surface area contributed by atoms with E-state index in [1.165, 1.54) is 6.92 Å². The number of ether oxygens (including phenoxy) is 3. The molecule has 1 saturated heterocycles. The minimum atomic E-state index is -0.620. The Morgan fingerprint density at radius 2 is 2.10 bits per heavy atom. The smallest absolute Gasteiger partial charge is 0.308 e. The Morgan fingerprint density at radius 1 is 1.38 bits per heavy atom. The van der Waals surface area contributed by atoms with E-state index < -0.39 is 11.8 Å². The number of amides is 1. The topological polar surface area (TPSA) is 73.9 Å². The van der Waals surface area contributed by atoms with E-state index in [-0.39, 0.29) is 17.8 Å². The van der Waals surface area contributed by atoms with E-state index in [1.54, 1.807) is 24.3 Å². The second-order valence-corrected chi connectivity index (χ2v) is 5.25. The number of rotatable bonds is 4. The molecular formula is C15H19NO5. The molecule has 2 rings (SSSR count). The summed E-state index contributed by atoms with van der Waals surface area (Å²) >= 11 is 0. The van der Waals surface area contributed by atoms with Gasteiger partial charge < -0.3 is 19.5 Å². The van der Waals surface area contributed by atoms with Gasteiger partial charge in [0.1, 0.15) is 11.9 Å². The summed E-state index contributed by atoms with van der Waals surface area (Å²) in [7, 11) is 0. The Labute approximate surface area is 123 Å². The zero-order valence-electron chi connectivity index (χ0n) is 12.3. The fraction of sp³-hybridized carbons (Fsp3) is 0.467. The zero-order chi connectivity index (χ0) is 15.5. The maximum atomic E-state index is 12.2. The van der Waals surface area contributed by atoms with Crippen LogP contribution in [0.3, 0.4) is 0 Å². The second-order valence-electron chi connectivity index (χ2n) is 5.25. The van der Waals surface area contributed by atoms with Gasteiger partial charge in [0.25, 0.3) is 5.91 Å². The largest absolute Gasteiger partial charge is 0.426 e. The molecule has 1 unspecified atom stereocenters. The molecule has 1 amide bonds. The van der Waals surface area contributed by atoms with Crippen molar-refractivity contribution in [3.63, 3.8) is 0 Å². The molecule has 1 aromatic carbocycles. The standard InChI is InChI=1S/C15H19NO5/c1-10(17)20-13-7-5-4-6-12(13)14(18)16-8-11-9-19-15(2,3)21-11/h4-7,11H,8-9H2,1-3H3,(H,16,18). The van der Waals surface area contributed by atoms with Crippen molar-refractivity contribution < 1.29 is 23.8 Å². The van der Waals surface area contributed by atoms with Crippen molar-refractivity contribution in [3.8, 4) is 5.75 Å². The van der Waals surface area contributed by atoms with Crippen LogP contribution in [0.25, 0.3) is 0 Å². The van der Waals surface area contributed by atoms with E-state index in [0.717, 1.165) is 0 Å². The maximum Gasteiger partial charge on any atom is 0.308 e. The molecule has 6 nitrogen and oxygen atoms in total. The van der Waals surface area contributed by atoms with Crippen molar-refractivity contribution in [2.24, 2.45) is 0 Å². The highest BCUT2D eigenvalue weighted by Crippen LogP contribution is 2.22.